The number of benzene rings is 2. The second kappa shape index (κ2) is 6.36. The number of carboxylic acid groups (broad SMARTS) is 1. The number of anilines is 2. The zero-order chi connectivity index (χ0) is 14.8. The summed E-state index contributed by atoms with van der Waals surface area (Å²) in [5.74, 6) is -1.04. The summed E-state index contributed by atoms with van der Waals surface area (Å²) in [6.45, 7) is 0. The molecule has 112 valence electrons. The Morgan fingerprint density at radius 3 is 2.50 bits per heavy atom. The fourth-order valence-corrected chi connectivity index (χ4v) is 2.05. The van der Waals surface area contributed by atoms with E-state index in [9.17, 15) is 14.3 Å². The number of fused-ring (bicyclic) bond motifs is 1. The minimum absolute atomic E-state index is 0. The highest BCUT2D eigenvalue weighted by Crippen LogP contribution is 2.26. The van der Waals surface area contributed by atoms with Gasteiger partial charge >= 0.3 is 5.97 Å². The van der Waals surface area contributed by atoms with Crippen LogP contribution in [0.1, 0.15) is 10.4 Å². The summed E-state index contributed by atoms with van der Waals surface area (Å²) in [5.41, 5.74) is 1.24. The van der Waals surface area contributed by atoms with Crippen LogP contribution in [0.3, 0.4) is 0 Å². The van der Waals surface area contributed by atoms with Crippen LogP contribution in [-0.4, -0.2) is 21.0 Å². The van der Waals surface area contributed by atoms with Gasteiger partial charge in [0.05, 0.1) is 16.5 Å². The van der Waals surface area contributed by atoms with Gasteiger partial charge in [-0.15, -0.1) is 12.4 Å². The van der Waals surface area contributed by atoms with Crippen molar-refractivity contribution in [3.63, 3.8) is 0 Å². The smallest absolute Gasteiger partial charge is 0.336 e. The summed E-state index contributed by atoms with van der Waals surface area (Å²) in [5, 5.41) is 12.7. The Kier molecular flexibility index (Phi) is 4.53. The van der Waals surface area contributed by atoms with Crippen molar-refractivity contribution in [2.45, 2.75) is 0 Å². The van der Waals surface area contributed by atoms with E-state index < -0.39 is 5.97 Å². The molecule has 0 atom stereocenters. The van der Waals surface area contributed by atoms with Crippen molar-refractivity contribution >= 4 is 40.8 Å². The molecule has 2 N–H and O–H groups in total. The number of aromatic carboxylic acids is 1. The third kappa shape index (κ3) is 2.96. The lowest BCUT2D eigenvalue weighted by Crippen LogP contribution is -2.02. The molecule has 1 heterocycles. The topological polar surface area (TPSA) is 75.1 Å². The van der Waals surface area contributed by atoms with Crippen molar-refractivity contribution in [3.8, 4) is 0 Å². The second-order valence-electron chi connectivity index (χ2n) is 4.36. The molecule has 3 aromatic rings. The van der Waals surface area contributed by atoms with E-state index >= 15 is 0 Å². The van der Waals surface area contributed by atoms with Crippen LogP contribution < -0.4 is 5.32 Å². The molecular weight excluding hydrogens is 309 g/mol. The molecule has 5 nitrogen and oxygen atoms in total. The Bertz CT molecular complexity index is 819. The quantitative estimate of drug-likeness (QED) is 0.771. The Morgan fingerprint density at radius 2 is 1.82 bits per heavy atom. The highest BCUT2D eigenvalue weighted by atomic mass is 35.5. The maximum absolute atomic E-state index is 12.9. The molecule has 0 amide bonds. The number of hydrogen-bond acceptors (Lipinski definition) is 4. The van der Waals surface area contributed by atoms with E-state index in [-0.39, 0.29) is 23.8 Å². The molecule has 0 unspecified atom stereocenters. The van der Waals surface area contributed by atoms with Crippen LogP contribution in [-0.2, 0) is 0 Å². The Balaban J connectivity index is 0.00000176. The van der Waals surface area contributed by atoms with E-state index in [1.165, 1.54) is 24.5 Å². The number of carbonyl (C=O) groups is 1. The molecule has 0 bridgehead atoms. The van der Waals surface area contributed by atoms with Gasteiger partial charge in [-0.2, -0.15) is 0 Å². The molecule has 7 heteroatoms. The van der Waals surface area contributed by atoms with Gasteiger partial charge in [0.15, 0.2) is 0 Å². The van der Waals surface area contributed by atoms with E-state index in [2.05, 4.69) is 15.3 Å². The van der Waals surface area contributed by atoms with Gasteiger partial charge in [0, 0.05) is 5.69 Å². The first-order chi connectivity index (χ1) is 10.1. The highest BCUT2D eigenvalue weighted by molar-refractivity contribution is 6.07. The summed E-state index contributed by atoms with van der Waals surface area (Å²) < 4.78 is 12.9. The first kappa shape index (κ1) is 15.7. The van der Waals surface area contributed by atoms with Crippen LogP contribution in [0.4, 0.5) is 15.9 Å². The largest absolute Gasteiger partial charge is 0.478 e. The SMILES string of the molecule is Cl.O=C(O)c1cccc2ncnc(Nc3ccc(F)cc3)c12. The lowest BCUT2D eigenvalue weighted by atomic mass is 10.1. The normalized spacial score (nSPS) is 10.0. The summed E-state index contributed by atoms with van der Waals surface area (Å²) in [6, 6.07) is 10.5. The predicted octanol–water partition coefficient (Wildman–Crippen LogP) is 3.63. The molecule has 0 saturated heterocycles. The van der Waals surface area contributed by atoms with E-state index in [1.54, 1.807) is 24.3 Å². The maximum Gasteiger partial charge on any atom is 0.336 e. The Morgan fingerprint density at radius 1 is 1.09 bits per heavy atom. The van der Waals surface area contributed by atoms with Crippen LogP contribution in [0.15, 0.2) is 48.8 Å². The van der Waals surface area contributed by atoms with Crippen molar-refractivity contribution in [1.82, 2.24) is 9.97 Å². The molecule has 1 aromatic heterocycles. The van der Waals surface area contributed by atoms with Crippen molar-refractivity contribution in [3.05, 3.63) is 60.2 Å². The number of nitrogens with zero attached hydrogens (tertiary/aromatic N) is 2. The van der Waals surface area contributed by atoms with Gasteiger partial charge in [-0.3, -0.25) is 0 Å². The molecule has 0 saturated carbocycles. The third-order valence-corrected chi connectivity index (χ3v) is 3.00. The van der Waals surface area contributed by atoms with Gasteiger partial charge < -0.3 is 10.4 Å². The standard InChI is InChI=1S/C15H10FN3O2.ClH/c16-9-4-6-10(7-5-9)19-14-13-11(15(20)21)2-1-3-12(13)17-8-18-14;/h1-8H,(H,20,21)(H,17,18,19);1H. The molecule has 0 aliphatic heterocycles. The predicted molar refractivity (Wildman–Crippen MR) is 83.4 cm³/mol. The summed E-state index contributed by atoms with van der Waals surface area (Å²) in [7, 11) is 0. The van der Waals surface area contributed by atoms with Crippen molar-refractivity contribution in [1.29, 1.82) is 0 Å². The van der Waals surface area contributed by atoms with Crippen LogP contribution in [0, 0.1) is 5.82 Å². The van der Waals surface area contributed by atoms with Crippen LogP contribution in [0.5, 0.6) is 0 Å². The summed E-state index contributed by atoms with van der Waals surface area (Å²) in [4.78, 5) is 19.5. The fraction of sp³-hybridized carbons (Fsp3) is 0. The molecular formula is C15H11ClFN3O2. The molecule has 0 aliphatic rings. The fourth-order valence-electron chi connectivity index (χ4n) is 2.05. The van der Waals surface area contributed by atoms with Gasteiger partial charge in [0.25, 0.3) is 0 Å². The van der Waals surface area contributed by atoms with Crippen LogP contribution in [0.25, 0.3) is 10.9 Å². The van der Waals surface area contributed by atoms with Crippen molar-refractivity contribution in [2.75, 3.05) is 5.32 Å². The van der Waals surface area contributed by atoms with Gasteiger partial charge in [-0.1, -0.05) is 6.07 Å². The first-order valence-electron chi connectivity index (χ1n) is 6.15. The summed E-state index contributed by atoms with van der Waals surface area (Å²) >= 11 is 0. The molecule has 0 spiro atoms. The van der Waals surface area contributed by atoms with Crippen LogP contribution >= 0.6 is 12.4 Å². The molecule has 0 aliphatic carbocycles. The van der Waals surface area contributed by atoms with Gasteiger partial charge in [-0.05, 0) is 36.4 Å². The number of rotatable bonds is 3. The van der Waals surface area contributed by atoms with Crippen molar-refractivity contribution < 1.29 is 14.3 Å². The van der Waals surface area contributed by atoms with E-state index in [4.69, 9.17) is 0 Å². The zero-order valence-corrected chi connectivity index (χ0v) is 12.0. The molecule has 0 radical (unpaired) electrons. The molecule has 22 heavy (non-hydrogen) atoms. The number of halogens is 2. The second-order valence-corrected chi connectivity index (χ2v) is 4.36. The monoisotopic (exact) mass is 319 g/mol. The number of hydrogen-bond donors (Lipinski definition) is 2. The van der Waals surface area contributed by atoms with E-state index in [1.807, 2.05) is 0 Å². The number of carboxylic acids is 1. The Hall–Kier alpha value is -2.73. The number of nitrogens with one attached hydrogen (secondary N) is 1. The third-order valence-electron chi connectivity index (χ3n) is 3.00. The van der Waals surface area contributed by atoms with E-state index in [0.717, 1.165) is 0 Å². The van der Waals surface area contributed by atoms with Gasteiger partial charge in [-0.25, -0.2) is 19.2 Å². The number of aromatic nitrogens is 2. The van der Waals surface area contributed by atoms with E-state index in [0.29, 0.717) is 22.4 Å². The zero-order valence-electron chi connectivity index (χ0n) is 11.2. The lowest BCUT2D eigenvalue weighted by molar-refractivity contribution is 0.0699. The Labute approximate surface area is 131 Å². The lowest BCUT2D eigenvalue weighted by Gasteiger charge is -2.10. The average molecular weight is 320 g/mol. The minimum Gasteiger partial charge on any atom is -0.478 e. The first-order valence-corrected chi connectivity index (χ1v) is 6.15. The van der Waals surface area contributed by atoms with Gasteiger partial charge in [0.1, 0.15) is 18.0 Å². The van der Waals surface area contributed by atoms with Gasteiger partial charge in [0.2, 0.25) is 0 Å². The highest BCUT2D eigenvalue weighted by Gasteiger charge is 2.13. The maximum atomic E-state index is 12.9. The summed E-state index contributed by atoms with van der Waals surface area (Å²) in [6.07, 6.45) is 1.35. The molecule has 3 rings (SSSR count). The minimum atomic E-state index is -1.06. The van der Waals surface area contributed by atoms with Crippen LogP contribution in [0.2, 0.25) is 0 Å². The molecule has 0 fully saturated rings. The average Bonchev–Trinajstić information content (AvgIpc) is 2.49. The van der Waals surface area contributed by atoms with Crippen molar-refractivity contribution in [2.24, 2.45) is 0 Å². The molecule has 2 aromatic carbocycles.